The summed E-state index contributed by atoms with van der Waals surface area (Å²) < 4.78 is 5.09. The molecular formula is C11H13N3O2. The maximum Gasteiger partial charge on any atom is 0.258 e. The lowest BCUT2D eigenvalue weighted by atomic mass is 10.2. The zero-order chi connectivity index (χ0) is 11.7. The normalized spacial score (nSPS) is 10.9. The Morgan fingerprint density at radius 2 is 2.12 bits per heavy atom. The minimum Gasteiger partial charge on any atom is -0.506 e. The third kappa shape index (κ3) is 1.84. The minimum absolute atomic E-state index is 0.0156. The quantitative estimate of drug-likeness (QED) is 0.597. The van der Waals surface area contributed by atoms with E-state index in [2.05, 4.69) is 10.1 Å². The van der Waals surface area contributed by atoms with Crippen molar-refractivity contribution in [3.8, 4) is 17.2 Å². The fraction of sp³-hybridized carbons (Fsp3) is 0.273. The Balaban J connectivity index is 2.39. The Morgan fingerprint density at radius 3 is 2.69 bits per heavy atom. The SMILES string of the molecule is CC(C)c1noc(-c2ccc(N)c(O)c2)n1. The number of phenolic OH excluding ortho intramolecular Hbond substituents is 1. The molecule has 0 bridgehead atoms. The summed E-state index contributed by atoms with van der Waals surface area (Å²) in [7, 11) is 0. The molecule has 0 aliphatic rings. The number of anilines is 1. The van der Waals surface area contributed by atoms with Crippen molar-refractivity contribution in [2.24, 2.45) is 0 Å². The molecule has 0 aliphatic heterocycles. The van der Waals surface area contributed by atoms with E-state index in [1.807, 2.05) is 13.8 Å². The van der Waals surface area contributed by atoms with Crippen LogP contribution in [0.5, 0.6) is 5.75 Å². The Labute approximate surface area is 92.9 Å². The number of aromatic hydroxyl groups is 1. The van der Waals surface area contributed by atoms with Gasteiger partial charge < -0.3 is 15.4 Å². The van der Waals surface area contributed by atoms with Crippen LogP contribution in [-0.4, -0.2) is 15.2 Å². The summed E-state index contributed by atoms with van der Waals surface area (Å²) in [5, 5.41) is 13.3. The molecule has 5 heteroatoms. The molecule has 0 aliphatic carbocycles. The number of nitrogen functional groups attached to an aromatic ring is 1. The van der Waals surface area contributed by atoms with Gasteiger partial charge in [0.2, 0.25) is 0 Å². The summed E-state index contributed by atoms with van der Waals surface area (Å²) in [4.78, 5) is 4.22. The number of benzene rings is 1. The fourth-order valence-corrected chi connectivity index (χ4v) is 1.26. The Hall–Kier alpha value is -2.04. The molecule has 0 radical (unpaired) electrons. The molecule has 2 rings (SSSR count). The highest BCUT2D eigenvalue weighted by molar-refractivity contribution is 5.63. The van der Waals surface area contributed by atoms with Crippen molar-refractivity contribution < 1.29 is 9.63 Å². The van der Waals surface area contributed by atoms with Crippen LogP contribution in [0.2, 0.25) is 0 Å². The molecule has 0 spiro atoms. The smallest absolute Gasteiger partial charge is 0.258 e. The van der Waals surface area contributed by atoms with E-state index < -0.39 is 0 Å². The summed E-state index contributed by atoms with van der Waals surface area (Å²) in [5.74, 6) is 1.26. The van der Waals surface area contributed by atoms with Crippen molar-refractivity contribution in [1.82, 2.24) is 10.1 Å². The summed E-state index contributed by atoms with van der Waals surface area (Å²) >= 11 is 0. The second-order valence-corrected chi connectivity index (χ2v) is 3.89. The van der Waals surface area contributed by atoms with Gasteiger partial charge in [-0.05, 0) is 18.2 Å². The molecule has 2 aromatic rings. The molecule has 1 heterocycles. The van der Waals surface area contributed by atoms with E-state index >= 15 is 0 Å². The van der Waals surface area contributed by atoms with Gasteiger partial charge in [0.15, 0.2) is 5.82 Å². The molecule has 1 aromatic carbocycles. The van der Waals surface area contributed by atoms with Gasteiger partial charge in [-0.1, -0.05) is 19.0 Å². The summed E-state index contributed by atoms with van der Waals surface area (Å²) in [6.07, 6.45) is 0. The monoisotopic (exact) mass is 219 g/mol. The number of rotatable bonds is 2. The molecular weight excluding hydrogens is 206 g/mol. The standard InChI is InChI=1S/C11H13N3O2/c1-6(2)10-13-11(16-14-10)7-3-4-8(12)9(15)5-7/h3-6,15H,12H2,1-2H3. The van der Waals surface area contributed by atoms with E-state index in [1.165, 1.54) is 6.07 Å². The van der Waals surface area contributed by atoms with E-state index in [0.717, 1.165) is 0 Å². The maximum atomic E-state index is 9.46. The van der Waals surface area contributed by atoms with Crippen LogP contribution in [0.15, 0.2) is 22.7 Å². The van der Waals surface area contributed by atoms with Crippen molar-refractivity contribution in [3.05, 3.63) is 24.0 Å². The van der Waals surface area contributed by atoms with Crippen LogP contribution < -0.4 is 5.73 Å². The highest BCUT2D eigenvalue weighted by Crippen LogP contribution is 2.27. The zero-order valence-corrected chi connectivity index (χ0v) is 9.14. The van der Waals surface area contributed by atoms with Crippen LogP contribution in [0.3, 0.4) is 0 Å². The third-order valence-corrected chi connectivity index (χ3v) is 2.24. The molecule has 0 saturated carbocycles. The van der Waals surface area contributed by atoms with E-state index in [4.69, 9.17) is 10.3 Å². The van der Waals surface area contributed by atoms with Crippen molar-refractivity contribution in [1.29, 1.82) is 0 Å². The second kappa shape index (κ2) is 3.84. The van der Waals surface area contributed by atoms with Gasteiger partial charge in [-0.15, -0.1) is 0 Å². The van der Waals surface area contributed by atoms with Gasteiger partial charge in [0.1, 0.15) is 5.75 Å². The Bertz CT molecular complexity index is 506. The number of nitrogens with zero attached hydrogens (tertiary/aromatic N) is 2. The number of aromatic nitrogens is 2. The number of hydrogen-bond acceptors (Lipinski definition) is 5. The molecule has 0 atom stereocenters. The van der Waals surface area contributed by atoms with Crippen molar-refractivity contribution >= 4 is 5.69 Å². The molecule has 3 N–H and O–H groups in total. The minimum atomic E-state index is 0.0156. The third-order valence-electron chi connectivity index (χ3n) is 2.24. The molecule has 16 heavy (non-hydrogen) atoms. The Kier molecular flexibility index (Phi) is 2.52. The number of phenols is 1. The first-order valence-electron chi connectivity index (χ1n) is 5.00. The molecule has 5 nitrogen and oxygen atoms in total. The van der Waals surface area contributed by atoms with Gasteiger partial charge in [-0.25, -0.2) is 0 Å². The predicted molar refractivity (Wildman–Crippen MR) is 59.9 cm³/mol. The first kappa shape index (κ1) is 10.5. The predicted octanol–water partition coefficient (Wildman–Crippen LogP) is 2.15. The van der Waals surface area contributed by atoms with Crippen LogP contribution in [0.25, 0.3) is 11.5 Å². The van der Waals surface area contributed by atoms with E-state index in [-0.39, 0.29) is 11.7 Å². The van der Waals surface area contributed by atoms with Crippen molar-refractivity contribution in [3.63, 3.8) is 0 Å². The molecule has 84 valence electrons. The zero-order valence-electron chi connectivity index (χ0n) is 9.14. The lowest BCUT2D eigenvalue weighted by Crippen LogP contribution is -1.89. The highest BCUT2D eigenvalue weighted by atomic mass is 16.5. The van der Waals surface area contributed by atoms with Crippen LogP contribution in [0, 0.1) is 0 Å². The number of hydrogen-bond donors (Lipinski definition) is 2. The van der Waals surface area contributed by atoms with Gasteiger partial charge >= 0.3 is 0 Å². The number of nitrogens with two attached hydrogens (primary N) is 1. The van der Waals surface area contributed by atoms with E-state index in [1.54, 1.807) is 12.1 Å². The highest BCUT2D eigenvalue weighted by Gasteiger charge is 2.12. The molecule has 1 aromatic heterocycles. The summed E-state index contributed by atoms with van der Waals surface area (Å²) in [6.45, 7) is 3.96. The largest absolute Gasteiger partial charge is 0.506 e. The van der Waals surface area contributed by atoms with Crippen molar-refractivity contribution in [2.45, 2.75) is 19.8 Å². The average molecular weight is 219 g/mol. The summed E-state index contributed by atoms with van der Waals surface area (Å²) in [5.41, 5.74) is 6.49. The maximum absolute atomic E-state index is 9.46. The topological polar surface area (TPSA) is 85.2 Å². The lowest BCUT2D eigenvalue weighted by molar-refractivity contribution is 0.418. The van der Waals surface area contributed by atoms with Gasteiger partial charge in [0.25, 0.3) is 5.89 Å². The van der Waals surface area contributed by atoms with E-state index in [0.29, 0.717) is 23.0 Å². The molecule has 0 saturated heterocycles. The molecule has 0 fully saturated rings. The first-order valence-corrected chi connectivity index (χ1v) is 5.00. The second-order valence-electron chi connectivity index (χ2n) is 3.89. The van der Waals surface area contributed by atoms with Gasteiger partial charge in [0.05, 0.1) is 5.69 Å². The first-order chi connectivity index (χ1) is 7.58. The van der Waals surface area contributed by atoms with Crippen LogP contribution in [0.1, 0.15) is 25.6 Å². The van der Waals surface area contributed by atoms with E-state index in [9.17, 15) is 5.11 Å². The van der Waals surface area contributed by atoms with Gasteiger partial charge in [0, 0.05) is 11.5 Å². The lowest BCUT2D eigenvalue weighted by Gasteiger charge is -1.99. The molecule has 0 amide bonds. The van der Waals surface area contributed by atoms with Crippen LogP contribution in [0.4, 0.5) is 5.69 Å². The average Bonchev–Trinajstić information content (AvgIpc) is 2.71. The van der Waals surface area contributed by atoms with Crippen LogP contribution >= 0.6 is 0 Å². The molecule has 0 unspecified atom stereocenters. The fourth-order valence-electron chi connectivity index (χ4n) is 1.26. The van der Waals surface area contributed by atoms with Crippen molar-refractivity contribution in [2.75, 3.05) is 5.73 Å². The summed E-state index contributed by atoms with van der Waals surface area (Å²) in [6, 6.07) is 4.84. The van der Waals surface area contributed by atoms with Gasteiger partial charge in [-0.3, -0.25) is 0 Å². The Morgan fingerprint density at radius 1 is 1.38 bits per heavy atom. The van der Waals surface area contributed by atoms with Crippen LogP contribution in [-0.2, 0) is 0 Å². The van der Waals surface area contributed by atoms with Gasteiger partial charge in [-0.2, -0.15) is 4.98 Å².